The molecule has 0 aliphatic heterocycles. The van der Waals surface area contributed by atoms with Crippen molar-refractivity contribution in [1.29, 1.82) is 0 Å². The molecule has 4 N–H and O–H groups in total. The van der Waals surface area contributed by atoms with Crippen molar-refractivity contribution in [1.82, 2.24) is 15.3 Å². The first kappa shape index (κ1) is 31.1. The van der Waals surface area contributed by atoms with Gasteiger partial charge in [-0.05, 0) is 80.6 Å². The molecule has 2 aromatic carbocycles. The van der Waals surface area contributed by atoms with Gasteiger partial charge in [0.05, 0.1) is 40.5 Å². The summed E-state index contributed by atoms with van der Waals surface area (Å²) in [5.74, 6) is -3.69. The van der Waals surface area contributed by atoms with Crippen LogP contribution in [0.25, 0.3) is 22.2 Å². The lowest BCUT2D eigenvalue weighted by Gasteiger charge is -2.29. The lowest BCUT2D eigenvalue weighted by Crippen LogP contribution is -2.43. The number of nitrogens with one attached hydrogen (secondary N) is 1. The molecule has 4 aromatic rings. The van der Waals surface area contributed by atoms with Crippen molar-refractivity contribution in [2.75, 3.05) is 13.2 Å². The van der Waals surface area contributed by atoms with Gasteiger partial charge in [-0.25, -0.2) is 9.37 Å². The third-order valence-corrected chi connectivity index (χ3v) is 7.71. The quantitative estimate of drug-likeness (QED) is 0.196. The van der Waals surface area contributed by atoms with Crippen molar-refractivity contribution < 1.29 is 37.0 Å². The van der Waals surface area contributed by atoms with Crippen molar-refractivity contribution >= 4 is 34.3 Å². The highest BCUT2D eigenvalue weighted by Gasteiger charge is 2.47. The SMILES string of the molecule is CCOc1c(C(N)=O)cc([C@@](O)(CNC(=O)c2cc(Cl)c3ncc(C)cc3c2)C2CC2)nc1-c1ccc(F)c(C(F)(F)F)c1. The van der Waals surface area contributed by atoms with Crippen LogP contribution in [0.15, 0.2) is 48.7 Å². The second-order valence-corrected chi connectivity index (χ2v) is 11.1. The summed E-state index contributed by atoms with van der Waals surface area (Å²) in [5, 5.41) is 15.6. The number of benzene rings is 2. The minimum Gasteiger partial charge on any atom is -0.491 e. The summed E-state index contributed by atoms with van der Waals surface area (Å²) < 4.78 is 60.4. The van der Waals surface area contributed by atoms with Gasteiger partial charge in [0.1, 0.15) is 17.1 Å². The van der Waals surface area contributed by atoms with Crippen molar-refractivity contribution in [2.24, 2.45) is 11.7 Å². The number of ether oxygens (including phenoxy) is 1. The summed E-state index contributed by atoms with van der Waals surface area (Å²) in [4.78, 5) is 34.5. The number of amides is 2. The highest BCUT2D eigenvalue weighted by molar-refractivity contribution is 6.35. The Bertz CT molecular complexity index is 1800. The Morgan fingerprint density at radius 3 is 2.52 bits per heavy atom. The van der Waals surface area contributed by atoms with Gasteiger partial charge >= 0.3 is 6.18 Å². The topological polar surface area (TPSA) is 127 Å². The number of aryl methyl sites for hydroxylation is 1. The van der Waals surface area contributed by atoms with Gasteiger partial charge in [-0.1, -0.05) is 11.6 Å². The zero-order valence-electron chi connectivity index (χ0n) is 23.6. The second-order valence-electron chi connectivity index (χ2n) is 10.6. The first-order valence-corrected chi connectivity index (χ1v) is 14.0. The van der Waals surface area contributed by atoms with Crippen LogP contribution >= 0.6 is 11.6 Å². The van der Waals surface area contributed by atoms with Crippen LogP contribution in [-0.4, -0.2) is 40.0 Å². The maximum absolute atomic E-state index is 14.1. The van der Waals surface area contributed by atoms with Gasteiger partial charge in [0, 0.05) is 22.7 Å². The van der Waals surface area contributed by atoms with Gasteiger partial charge < -0.3 is 20.9 Å². The van der Waals surface area contributed by atoms with Crippen molar-refractivity contribution in [2.45, 2.75) is 38.5 Å². The molecule has 0 radical (unpaired) electrons. The number of nitrogens with two attached hydrogens (primary N) is 1. The molecule has 2 amide bonds. The molecule has 13 heteroatoms. The monoisotopic (exact) mass is 630 g/mol. The van der Waals surface area contributed by atoms with E-state index in [-0.39, 0.29) is 52.0 Å². The van der Waals surface area contributed by atoms with Gasteiger partial charge in [-0.15, -0.1) is 0 Å². The van der Waals surface area contributed by atoms with Crippen LogP contribution < -0.4 is 15.8 Å². The molecule has 0 unspecified atom stereocenters. The number of primary amides is 1. The number of carbonyl (C=O) groups is 2. The molecular weight excluding hydrogens is 604 g/mol. The van der Waals surface area contributed by atoms with E-state index in [0.717, 1.165) is 11.6 Å². The fourth-order valence-corrected chi connectivity index (χ4v) is 5.36. The van der Waals surface area contributed by atoms with Gasteiger partial charge in [0.2, 0.25) is 0 Å². The van der Waals surface area contributed by atoms with E-state index < -0.39 is 40.9 Å². The second kappa shape index (κ2) is 11.7. The van der Waals surface area contributed by atoms with Crippen LogP contribution in [0, 0.1) is 18.7 Å². The van der Waals surface area contributed by atoms with E-state index in [9.17, 15) is 32.3 Å². The van der Waals surface area contributed by atoms with Crippen molar-refractivity contribution in [3.63, 3.8) is 0 Å². The number of rotatable bonds is 9. The first-order valence-electron chi connectivity index (χ1n) is 13.6. The van der Waals surface area contributed by atoms with E-state index in [1.54, 1.807) is 19.2 Å². The average molecular weight is 631 g/mol. The molecule has 0 bridgehead atoms. The minimum atomic E-state index is -5.02. The number of alkyl halides is 3. The summed E-state index contributed by atoms with van der Waals surface area (Å²) in [6.45, 7) is 3.06. The molecule has 1 atom stereocenters. The summed E-state index contributed by atoms with van der Waals surface area (Å²) in [7, 11) is 0. The fraction of sp³-hybridized carbons (Fsp3) is 0.290. The fourth-order valence-electron chi connectivity index (χ4n) is 5.08. The zero-order chi connectivity index (χ0) is 32.0. The molecule has 1 aliphatic carbocycles. The Balaban J connectivity index is 1.57. The molecule has 1 fully saturated rings. The van der Waals surface area contributed by atoms with Crippen molar-refractivity contribution in [3.05, 3.63) is 87.4 Å². The van der Waals surface area contributed by atoms with E-state index in [1.165, 1.54) is 12.1 Å². The van der Waals surface area contributed by atoms with Crippen LogP contribution in [0.1, 0.15) is 57.3 Å². The largest absolute Gasteiger partial charge is 0.491 e. The standard InChI is InChI=1S/C31H27ClF4N4O4/c1-3-44-27-20(28(37)41)12-24(40-26(27)16-4-7-23(33)21(10-16)31(34,35)36)30(43,19-5-6-19)14-39-29(42)18-9-17-8-15(2)13-38-25(17)22(32)11-18/h4,7-13,19,43H,3,5-6,14H2,1-2H3,(H2,37,41)(H,39,42)/t30-/m1/s1. The molecular formula is C31H27ClF4N4O4. The molecule has 8 nitrogen and oxygen atoms in total. The number of hydrogen-bond donors (Lipinski definition) is 3. The van der Waals surface area contributed by atoms with Crippen LogP contribution in [-0.2, 0) is 11.8 Å². The van der Waals surface area contributed by atoms with Crippen LogP contribution in [0.4, 0.5) is 17.6 Å². The summed E-state index contributed by atoms with van der Waals surface area (Å²) in [6, 6.07) is 8.32. The maximum atomic E-state index is 14.1. The summed E-state index contributed by atoms with van der Waals surface area (Å²) >= 11 is 6.37. The normalized spacial score (nSPS) is 14.7. The third kappa shape index (κ3) is 6.04. The van der Waals surface area contributed by atoms with E-state index in [0.29, 0.717) is 35.9 Å². The predicted molar refractivity (Wildman–Crippen MR) is 155 cm³/mol. The Kier molecular flexibility index (Phi) is 8.25. The number of carbonyl (C=O) groups excluding carboxylic acids is 2. The molecule has 1 aliphatic rings. The molecule has 1 saturated carbocycles. The number of fused-ring (bicyclic) bond motifs is 1. The Morgan fingerprint density at radius 1 is 1.16 bits per heavy atom. The molecule has 0 spiro atoms. The number of nitrogens with zero attached hydrogens (tertiary/aromatic N) is 2. The van der Waals surface area contributed by atoms with E-state index >= 15 is 0 Å². The Hall–Kier alpha value is -4.29. The number of aromatic nitrogens is 2. The number of halogens is 5. The summed E-state index contributed by atoms with van der Waals surface area (Å²) in [6.07, 6.45) is -2.28. The van der Waals surface area contributed by atoms with Gasteiger partial charge in [-0.2, -0.15) is 13.2 Å². The Labute approximate surface area is 254 Å². The van der Waals surface area contributed by atoms with Crippen molar-refractivity contribution in [3.8, 4) is 17.0 Å². The lowest BCUT2D eigenvalue weighted by atomic mass is 9.90. The molecule has 0 saturated heterocycles. The molecule has 2 heterocycles. The maximum Gasteiger partial charge on any atom is 0.419 e. The highest BCUT2D eigenvalue weighted by Crippen LogP contribution is 2.47. The van der Waals surface area contributed by atoms with Gasteiger partial charge in [0.25, 0.3) is 11.8 Å². The lowest BCUT2D eigenvalue weighted by molar-refractivity contribution is -0.139. The molecule has 5 rings (SSSR count). The predicted octanol–water partition coefficient (Wildman–Crippen LogP) is 5.94. The van der Waals surface area contributed by atoms with Crippen LogP contribution in [0.2, 0.25) is 5.02 Å². The minimum absolute atomic E-state index is 0.00601. The number of pyridine rings is 2. The third-order valence-electron chi connectivity index (χ3n) is 7.42. The van der Waals surface area contributed by atoms with Crippen LogP contribution in [0.5, 0.6) is 5.75 Å². The smallest absolute Gasteiger partial charge is 0.419 e. The van der Waals surface area contributed by atoms with Crippen LogP contribution in [0.3, 0.4) is 0 Å². The molecule has 44 heavy (non-hydrogen) atoms. The average Bonchev–Trinajstić information content (AvgIpc) is 3.81. The van der Waals surface area contributed by atoms with E-state index in [4.69, 9.17) is 22.1 Å². The molecule has 2 aromatic heterocycles. The first-order chi connectivity index (χ1) is 20.7. The van der Waals surface area contributed by atoms with Gasteiger partial charge in [-0.3, -0.25) is 14.6 Å². The zero-order valence-corrected chi connectivity index (χ0v) is 24.3. The van der Waals surface area contributed by atoms with E-state index in [1.807, 2.05) is 13.0 Å². The highest BCUT2D eigenvalue weighted by atomic mass is 35.5. The van der Waals surface area contributed by atoms with E-state index in [2.05, 4.69) is 15.3 Å². The Morgan fingerprint density at radius 2 is 1.89 bits per heavy atom. The summed E-state index contributed by atoms with van der Waals surface area (Å²) in [5.41, 5.74) is 2.97. The molecule has 230 valence electrons. The van der Waals surface area contributed by atoms with Gasteiger partial charge in [0.15, 0.2) is 5.75 Å². The number of aliphatic hydroxyl groups is 1. The number of hydrogen-bond acceptors (Lipinski definition) is 6.